The minimum absolute atomic E-state index is 0. The zero-order valence-corrected chi connectivity index (χ0v) is 9.16. The molecule has 0 aliphatic heterocycles. The molecule has 0 saturated carbocycles. The van der Waals surface area contributed by atoms with Crippen LogP contribution in [0.5, 0.6) is 0 Å². The van der Waals surface area contributed by atoms with Crippen molar-refractivity contribution >= 4 is 0 Å². The normalized spacial score (nSPS) is 5.78. The SMILES string of the molecule is [O]=[Ti]([O-])[O-].[O]=[Ti]([O-])[O-].[Pt+4]. The smallest absolute Gasteiger partial charge is 4.00 e. The molecule has 0 heterocycles. The molecule has 0 aromatic rings. The van der Waals surface area contributed by atoms with Gasteiger partial charge in [0.25, 0.3) is 0 Å². The summed E-state index contributed by atoms with van der Waals surface area (Å²) in [6.07, 6.45) is 0. The molecule has 0 aliphatic carbocycles. The summed E-state index contributed by atoms with van der Waals surface area (Å²) in [6.45, 7) is 0. The molecule has 0 radical (unpaired) electrons. The van der Waals surface area contributed by atoms with Crippen LogP contribution < -0.4 is 14.8 Å². The maximum absolute atomic E-state index is 8.58. The Morgan fingerprint density at radius 2 is 0.778 bits per heavy atom. The standard InChI is InChI=1S/6O.Pt.2Ti/q;;4*-1;+4;;. The van der Waals surface area contributed by atoms with Crippen molar-refractivity contribution in [3.63, 3.8) is 0 Å². The van der Waals surface area contributed by atoms with Crippen molar-refractivity contribution in [1.29, 1.82) is 0 Å². The van der Waals surface area contributed by atoms with Gasteiger partial charge in [-0.25, -0.2) is 0 Å². The molecule has 0 aromatic heterocycles. The van der Waals surface area contributed by atoms with E-state index in [1.165, 1.54) is 0 Å². The van der Waals surface area contributed by atoms with Crippen molar-refractivity contribution in [2.24, 2.45) is 0 Å². The van der Waals surface area contributed by atoms with E-state index in [0.717, 1.165) is 0 Å². The monoisotopic (exact) mass is 387 g/mol. The molecule has 0 aliphatic rings. The van der Waals surface area contributed by atoms with Crippen molar-refractivity contribution in [2.45, 2.75) is 0 Å². The molecule has 0 bridgehead atoms. The molecule has 0 amide bonds. The first kappa shape index (κ1) is 16.9. The summed E-state index contributed by atoms with van der Waals surface area (Å²) in [7, 11) is 0. The average molecular weight is 387 g/mol. The van der Waals surface area contributed by atoms with Gasteiger partial charge in [-0.3, -0.25) is 0 Å². The Hall–Kier alpha value is 1.56. The Kier molecular flexibility index (Phi) is 23.0. The summed E-state index contributed by atoms with van der Waals surface area (Å²) in [6, 6.07) is 0. The Morgan fingerprint density at radius 1 is 0.778 bits per heavy atom. The van der Waals surface area contributed by atoms with Gasteiger partial charge in [0.2, 0.25) is 0 Å². The third kappa shape index (κ3) is 225. The Bertz CT molecular complexity index is 69.1. The molecule has 9 heavy (non-hydrogen) atoms. The second kappa shape index (κ2) is 12.3. The van der Waals surface area contributed by atoms with Gasteiger partial charge in [-0.1, -0.05) is 0 Å². The van der Waals surface area contributed by atoms with Gasteiger partial charge in [0, 0.05) is 0 Å². The maximum Gasteiger partial charge on any atom is 4.00 e. The molecule has 0 saturated heterocycles. The quantitative estimate of drug-likeness (QED) is 0.384. The van der Waals surface area contributed by atoms with Crippen LogP contribution in [0.2, 0.25) is 0 Å². The molecular weight excluding hydrogens is 387 g/mol. The van der Waals surface area contributed by atoms with Gasteiger partial charge in [0.15, 0.2) is 0 Å². The summed E-state index contributed by atoms with van der Waals surface area (Å²) >= 11 is -8.17. The van der Waals surface area contributed by atoms with Crippen molar-refractivity contribution in [2.75, 3.05) is 0 Å². The molecule has 0 fully saturated rings. The summed E-state index contributed by atoms with van der Waals surface area (Å²) < 4.78 is 51.5. The molecule has 0 unspecified atom stereocenters. The van der Waals surface area contributed by atoms with Gasteiger partial charge in [0.05, 0.1) is 0 Å². The molecule has 6 nitrogen and oxygen atoms in total. The second-order valence-electron chi connectivity index (χ2n) is 0.500. The largest absolute Gasteiger partial charge is 4.00 e. The fourth-order valence-electron chi connectivity index (χ4n) is 0. The van der Waals surface area contributed by atoms with E-state index in [9.17, 15) is 0 Å². The maximum atomic E-state index is 8.58. The van der Waals surface area contributed by atoms with Crippen LogP contribution in [-0.2, 0) is 64.9 Å². The summed E-state index contributed by atoms with van der Waals surface area (Å²) in [5.41, 5.74) is 0. The first-order valence-electron chi connectivity index (χ1n) is 1.22. The third-order valence-corrected chi connectivity index (χ3v) is 0. The van der Waals surface area contributed by atoms with Crippen LogP contribution in [0.25, 0.3) is 0 Å². The van der Waals surface area contributed by atoms with Gasteiger partial charge in [-0.15, -0.1) is 0 Å². The first-order chi connectivity index (χ1) is 3.46. The Morgan fingerprint density at radius 3 is 0.778 bits per heavy atom. The molecule has 0 aromatic carbocycles. The van der Waals surface area contributed by atoms with Crippen molar-refractivity contribution in [3.8, 4) is 0 Å². The number of rotatable bonds is 0. The van der Waals surface area contributed by atoms with E-state index in [0.29, 0.717) is 0 Å². The van der Waals surface area contributed by atoms with E-state index in [1.54, 1.807) is 0 Å². The van der Waals surface area contributed by atoms with Gasteiger partial charge in [0.1, 0.15) is 0 Å². The zero-order valence-electron chi connectivity index (χ0n) is 3.77. The van der Waals surface area contributed by atoms with Crippen LogP contribution in [0.4, 0.5) is 0 Å². The number of hydrogen-bond acceptors (Lipinski definition) is 6. The van der Waals surface area contributed by atoms with E-state index in [4.69, 9.17) is 21.4 Å². The predicted octanol–water partition coefficient (Wildman–Crippen LogP) is -5.00. The van der Waals surface area contributed by atoms with Crippen LogP contribution in [0.3, 0.4) is 0 Å². The third-order valence-electron chi connectivity index (χ3n) is 0. The van der Waals surface area contributed by atoms with Crippen molar-refractivity contribution in [3.05, 3.63) is 0 Å². The topological polar surface area (TPSA) is 126 Å². The van der Waals surface area contributed by atoms with Crippen LogP contribution in [0.1, 0.15) is 0 Å². The van der Waals surface area contributed by atoms with Crippen LogP contribution in [0.15, 0.2) is 0 Å². The molecule has 9 heteroatoms. The van der Waals surface area contributed by atoms with Crippen molar-refractivity contribution in [1.82, 2.24) is 0 Å². The van der Waals surface area contributed by atoms with E-state index in [2.05, 4.69) is 0 Å². The predicted molar refractivity (Wildman–Crippen MR) is 1.37 cm³/mol. The average Bonchev–Trinajstić information content (AvgIpc) is 1.25. The second-order valence-corrected chi connectivity index (χ2v) is 2.06. The molecule has 0 N–H and O–H groups in total. The van der Waals surface area contributed by atoms with Crippen LogP contribution in [-0.4, -0.2) is 0 Å². The minimum atomic E-state index is -4.08. The Labute approximate surface area is 79.0 Å². The molecule has 54 valence electrons. The van der Waals surface area contributed by atoms with E-state index >= 15 is 0 Å². The first-order valence-corrected chi connectivity index (χ1v) is 5.05. The van der Waals surface area contributed by atoms with E-state index in [1.807, 2.05) is 0 Å². The Balaban J connectivity index is -0.0000000720. The van der Waals surface area contributed by atoms with E-state index < -0.39 is 37.2 Å². The number of hydrogen-bond donors (Lipinski definition) is 0. The molecular formula is O6PtTi2. The van der Waals surface area contributed by atoms with Gasteiger partial charge in [-0.2, -0.15) is 0 Å². The van der Waals surface area contributed by atoms with Crippen LogP contribution in [0, 0.1) is 0 Å². The van der Waals surface area contributed by atoms with E-state index in [-0.39, 0.29) is 21.1 Å². The molecule has 0 rings (SSSR count). The molecule has 0 spiro atoms. The fraction of sp³-hybridized carbons (Fsp3) is 0. The van der Waals surface area contributed by atoms with Crippen LogP contribution >= 0.6 is 0 Å². The summed E-state index contributed by atoms with van der Waals surface area (Å²) in [5, 5.41) is 0. The van der Waals surface area contributed by atoms with Gasteiger partial charge in [-0.05, 0) is 0 Å². The summed E-state index contributed by atoms with van der Waals surface area (Å²) in [4.78, 5) is 0. The summed E-state index contributed by atoms with van der Waals surface area (Å²) in [5.74, 6) is 0. The molecule has 0 atom stereocenters. The minimum Gasteiger partial charge on any atom is 4.00 e. The fourth-order valence-corrected chi connectivity index (χ4v) is 0. The van der Waals surface area contributed by atoms with Gasteiger partial charge >= 0.3 is 79.7 Å². The van der Waals surface area contributed by atoms with Crippen molar-refractivity contribution < 1.29 is 79.7 Å². The zero-order chi connectivity index (χ0) is 7.15. The van der Waals surface area contributed by atoms with Gasteiger partial charge < -0.3 is 0 Å².